The average molecular weight is 674 g/mol. The van der Waals surface area contributed by atoms with E-state index in [0.29, 0.717) is 19.4 Å². The van der Waals surface area contributed by atoms with Gasteiger partial charge in [-0.3, -0.25) is 19.2 Å². The molecule has 13 heteroatoms. The van der Waals surface area contributed by atoms with Crippen molar-refractivity contribution in [3.05, 3.63) is 0 Å². The second kappa shape index (κ2) is 14.7. The molecule has 1 aliphatic heterocycles. The van der Waals surface area contributed by atoms with Gasteiger partial charge in [-0.1, -0.05) is 46.0 Å². The van der Waals surface area contributed by atoms with E-state index >= 15 is 0 Å². The third-order valence-corrected chi connectivity index (χ3v) is 12.3. The Labute approximate surface area is 279 Å². The Morgan fingerprint density at radius 1 is 0.957 bits per heavy atom. The van der Waals surface area contributed by atoms with Gasteiger partial charge in [0.05, 0.1) is 28.6 Å². The summed E-state index contributed by atoms with van der Waals surface area (Å²) in [5.74, 6) is 1.53. The number of rotatable bonds is 12. The van der Waals surface area contributed by atoms with Gasteiger partial charge in [0.25, 0.3) is 5.91 Å². The van der Waals surface area contributed by atoms with Gasteiger partial charge in [-0.05, 0) is 63.7 Å². The van der Waals surface area contributed by atoms with Gasteiger partial charge in [0.15, 0.2) is 9.84 Å². The Morgan fingerprint density at radius 2 is 1.60 bits per heavy atom. The number of hydrogen-bond acceptors (Lipinski definition) is 7. The van der Waals surface area contributed by atoms with E-state index in [4.69, 9.17) is 12.8 Å². The number of ketones is 1. The molecule has 0 aromatic carbocycles. The van der Waals surface area contributed by atoms with Gasteiger partial charge in [0, 0.05) is 13.0 Å². The van der Waals surface area contributed by atoms with Crippen LogP contribution in [0.4, 0.5) is 4.79 Å². The number of hydrogen-bond donors (Lipinski definition) is 4. The number of Topliss-reactive ketones (excluding diaryl/α,β-unsaturated/α-hetero) is 1. The normalized spacial score (nSPS) is 23.1. The second-order valence-electron chi connectivity index (χ2n) is 15.3. The van der Waals surface area contributed by atoms with Crippen LogP contribution < -0.4 is 21.3 Å². The molecule has 0 spiro atoms. The van der Waals surface area contributed by atoms with Crippen molar-refractivity contribution >= 4 is 39.4 Å². The van der Waals surface area contributed by atoms with Crippen LogP contribution >= 0.6 is 0 Å². The van der Waals surface area contributed by atoms with E-state index in [1.807, 2.05) is 0 Å². The van der Waals surface area contributed by atoms with Crippen molar-refractivity contribution in [1.82, 2.24) is 26.2 Å². The molecule has 12 nitrogen and oxygen atoms in total. The lowest BCUT2D eigenvalue weighted by Gasteiger charge is -2.41. The first kappa shape index (κ1) is 37.9. The van der Waals surface area contributed by atoms with Crippen LogP contribution in [0.15, 0.2) is 0 Å². The van der Waals surface area contributed by atoms with Gasteiger partial charge in [0.1, 0.15) is 12.1 Å². The molecule has 5 atom stereocenters. The minimum absolute atomic E-state index is 0.0261. The van der Waals surface area contributed by atoms with Crippen LogP contribution in [-0.4, -0.2) is 90.1 Å². The molecule has 0 aromatic heterocycles. The van der Waals surface area contributed by atoms with Gasteiger partial charge in [-0.15, -0.1) is 18.8 Å². The van der Waals surface area contributed by atoms with Crippen LogP contribution in [0.25, 0.3) is 0 Å². The molecule has 5 amide bonds. The highest BCUT2D eigenvalue weighted by molar-refractivity contribution is 7.92. The van der Waals surface area contributed by atoms with Crippen molar-refractivity contribution in [1.29, 1.82) is 0 Å². The Bertz CT molecular complexity index is 1420. The predicted molar refractivity (Wildman–Crippen MR) is 178 cm³/mol. The zero-order chi connectivity index (χ0) is 35.4. The predicted octanol–water partition coefficient (Wildman–Crippen LogP) is 1.68. The zero-order valence-electron chi connectivity index (χ0n) is 28.5. The fourth-order valence-electron chi connectivity index (χ4n) is 6.49. The number of urea groups is 1. The lowest BCUT2D eigenvalue weighted by Crippen LogP contribution is -2.64. The highest BCUT2D eigenvalue weighted by Gasteiger charge is 2.58. The summed E-state index contributed by atoms with van der Waals surface area (Å²) < 4.78 is 25.5. The summed E-state index contributed by atoms with van der Waals surface area (Å²) in [7, 11) is -3.57. The monoisotopic (exact) mass is 673 g/mol. The molecule has 2 saturated carbocycles. The molecular formula is C34H51N5O7S. The van der Waals surface area contributed by atoms with E-state index in [0.717, 1.165) is 25.7 Å². The SMILES string of the molecule is C#CCCC(NC(=O)[C@@H]1[C@H]2C[C@H]2CN1C(=O)[C@@H](NC(=O)NC1(CS(=O)(=O)C(C)(C)C)CCCCC1)C(C)(C)C)C(=O)C(=O)NCC#C. The van der Waals surface area contributed by atoms with Crippen molar-refractivity contribution in [3.63, 3.8) is 0 Å². The molecule has 0 aromatic rings. The van der Waals surface area contributed by atoms with Crippen LogP contribution in [0.5, 0.6) is 0 Å². The summed E-state index contributed by atoms with van der Waals surface area (Å²) in [6.45, 7) is 10.5. The van der Waals surface area contributed by atoms with Crippen LogP contribution in [0, 0.1) is 41.9 Å². The van der Waals surface area contributed by atoms with Gasteiger partial charge in [-0.25, -0.2) is 13.2 Å². The minimum Gasteiger partial charge on any atom is -0.344 e. The van der Waals surface area contributed by atoms with Crippen molar-refractivity contribution in [2.75, 3.05) is 18.8 Å². The fourth-order valence-corrected chi connectivity index (χ4v) is 8.02. The first-order valence-corrected chi connectivity index (χ1v) is 18.0. The third-order valence-electron chi connectivity index (χ3n) is 9.46. The second-order valence-corrected chi connectivity index (χ2v) is 18.0. The lowest BCUT2D eigenvalue weighted by molar-refractivity contribution is -0.144. The molecule has 0 radical (unpaired) electrons. The number of carbonyl (C=O) groups is 5. The largest absolute Gasteiger partial charge is 0.344 e. The molecule has 4 N–H and O–H groups in total. The topological polar surface area (TPSA) is 171 Å². The molecule has 1 saturated heterocycles. The first-order valence-electron chi connectivity index (χ1n) is 16.4. The van der Waals surface area contributed by atoms with E-state index in [2.05, 4.69) is 33.1 Å². The lowest BCUT2D eigenvalue weighted by atomic mass is 9.83. The number of likely N-dealkylation sites (tertiary alicyclic amines) is 1. The summed E-state index contributed by atoms with van der Waals surface area (Å²) in [4.78, 5) is 68.2. The van der Waals surface area contributed by atoms with Crippen molar-refractivity contribution in [3.8, 4) is 24.7 Å². The molecule has 47 heavy (non-hydrogen) atoms. The average Bonchev–Trinajstić information content (AvgIpc) is 3.63. The van der Waals surface area contributed by atoms with Crippen LogP contribution in [0.2, 0.25) is 0 Å². The number of piperidine rings is 1. The molecule has 1 heterocycles. The van der Waals surface area contributed by atoms with E-state index in [1.54, 1.807) is 41.5 Å². The summed E-state index contributed by atoms with van der Waals surface area (Å²) in [5.41, 5.74) is -1.75. The summed E-state index contributed by atoms with van der Waals surface area (Å²) in [5, 5.41) is 10.8. The number of nitrogens with zero attached hydrogens (tertiary/aromatic N) is 1. The zero-order valence-corrected chi connectivity index (χ0v) is 29.3. The maximum absolute atomic E-state index is 14.2. The first-order chi connectivity index (χ1) is 21.8. The van der Waals surface area contributed by atoms with Crippen molar-refractivity contribution in [2.24, 2.45) is 17.3 Å². The number of carbonyl (C=O) groups excluding carboxylic acids is 5. The van der Waals surface area contributed by atoms with E-state index in [1.165, 1.54) is 4.90 Å². The molecule has 260 valence electrons. The Hall–Kier alpha value is -3.58. The summed E-state index contributed by atoms with van der Waals surface area (Å²) in [6.07, 6.45) is 14.9. The number of nitrogens with one attached hydrogen (secondary N) is 4. The molecule has 1 unspecified atom stereocenters. The molecule has 0 bridgehead atoms. The molecule has 3 aliphatic rings. The summed E-state index contributed by atoms with van der Waals surface area (Å²) >= 11 is 0. The summed E-state index contributed by atoms with van der Waals surface area (Å²) in [6, 6.07) is -3.81. The molecule has 3 rings (SSSR count). The van der Waals surface area contributed by atoms with Gasteiger partial charge >= 0.3 is 6.03 Å². The van der Waals surface area contributed by atoms with E-state index in [-0.39, 0.29) is 37.0 Å². The minimum atomic E-state index is -3.57. The third kappa shape index (κ3) is 9.28. The Balaban J connectivity index is 1.80. The van der Waals surface area contributed by atoms with E-state index in [9.17, 15) is 32.4 Å². The number of amides is 5. The van der Waals surface area contributed by atoms with Crippen molar-refractivity contribution < 1.29 is 32.4 Å². The molecule has 3 fully saturated rings. The van der Waals surface area contributed by atoms with Gasteiger partial charge in [-0.2, -0.15) is 0 Å². The fraction of sp³-hybridized carbons (Fsp3) is 0.735. The smallest absolute Gasteiger partial charge is 0.315 e. The number of fused-ring (bicyclic) bond motifs is 1. The Kier molecular flexibility index (Phi) is 11.8. The number of terminal acetylenes is 2. The molecular weight excluding hydrogens is 622 g/mol. The molecule has 2 aliphatic carbocycles. The van der Waals surface area contributed by atoms with Crippen LogP contribution in [0.3, 0.4) is 0 Å². The van der Waals surface area contributed by atoms with Crippen LogP contribution in [-0.2, 0) is 29.0 Å². The van der Waals surface area contributed by atoms with E-state index < -0.39 is 73.2 Å². The highest BCUT2D eigenvalue weighted by Crippen LogP contribution is 2.50. The quantitative estimate of drug-likeness (QED) is 0.180. The van der Waals surface area contributed by atoms with Crippen molar-refractivity contribution in [2.45, 2.75) is 121 Å². The van der Waals surface area contributed by atoms with Crippen LogP contribution in [0.1, 0.15) is 92.9 Å². The maximum Gasteiger partial charge on any atom is 0.315 e. The number of sulfone groups is 1. The maximum atomic E-state index is 14.2. The van der Waals surface area contributed by atoms with Gasteiger partial charge in [0.2, 0.25) is 17.6 Å². The van der Waals surface area contributed by atoms with Gasteiger partial charge < -0.3 is 26.2 Å². The highest BCUT2D eigenvalue weighted by atomic mass is 32.2. The standard InChI is InChI=1S/C34H51N5O7S/c1-9-11-15-24(26(40)29(42)35-18-10-2)36-28(41)25-23-19-22(23)20-39(25)30(43)27(32(3,4)5)37-31(44)38-34(16-13-12-14-17-34)21-47(45,46)33(6,7)8/h1-2,22-25,27H,11-21H2,3-8H3,(H,35,42)(H,36,41)(H2,37,38,44)/t22-,23-,24?,25-,27+/m0/s1. The Morgan fingerprint density at radius 3 is 2.15 bits per heavy atom.